The van der Waals surface area contributed by atoms with E-state index in [0.29, 0.717) is 0 Å². The molecule has 0 spiro atoms. The zero-order valence-corrected chi connectivity index (χ0v) is 4.80. The molecule has 0 aromatic rings. The molecule has 1 heterocycles. The van der Waals surface area contributed by atoms with Crippen LogP contribution in [0.25, 0.3) is 0 Å². The van der Waals surface area contributed by atoms with Gasteiger partial charge in [0, 0.05) is 12.3 Å². The molecule has 2 nitrogen and oxygen atoms in total. The number of halogens is 1. The van der Waals surface area contributed by atoms with Crippen molar-refractivity contribution in [2.45, 2.75) is 5.38 Å². The number of carbonyl (C=O) groups excluding carboxylic acids is 1. The average Bonchev–Trinajstić information content (AvgIpc) is 1.77. The summed E-state index contributed by atoms with van der Waals surface area (Å²) in [5.41, 5.74) is 0. The summed E-state index contributed by atoms with van der Waals surface area (Å²) in [5, 5.41) is -0.201. The molecule has 42 valence electrons. The van der Waals surface area contributed by atoms with Crippen LogP contribution < -0.4 is 0 Å². The Balaban J connectivity index is 2.68. The largest absolute Gasteiger partial charge is 0.269 e. The van der Waals surface area contributed by atoms with E-state index in [9.17, 15) is 4.79 Å². The minimum Gasteiger partial charge on any atom is -0.268 e. The highest BCUT2D eigenvalue weighted by Crippen LogP contribution is 1.99. The lowest BCUT2D eigenvalue weighted by Crippen LogP contribution is -2.03. The number of hydrogen-bond acceptors (Lipinski definition) is 1. The van der Waals surface area contributed by atoms with E-state index in [2.05, 4.69) is 4.99 Å². The van der Waals surface area contributed by atoms with E-state index >= 15 is 0 Å². The zero-order valence-electron chi connectivity index (χ0n) is 4.04. The van der Waals surface area contributed by atoms with Crippen molar-refractivity contribution in [3.63, 3.8) is 0 Å². The van der Waals surface area contributed by atoms with E-state index in [-0.39, 0.29) is 11.3 Å². The highest BCUT2D eigenvalue weighted by molar-refractivity contribution is 6.31. The van der Waals surface area contributed by atoms with Crippen LogP contribution in [0.5, 0.6) is 0 Å². The molecule has 0 saturated carbocycles. The highest BCUT2D eigenvalue weighted by Gasteiger charge is 2.01. The predicted octanol–water partition coefficient (Wildman–Crippen LogP) is 0.761. The average molecular weight is 130 g/mol. The number of carbonyl (C=O) groups is 1. The van der Waals surface area contributed by atoms with Crippen molar-refractivity contribution in [3.8, 4) is 0 Å². The van der Waals surface area contributed by atoms with Crippen molar-refractivity contribution in [2.24, 2.45) is 4.99 Å². The van der Waals surface area contributed by atoms with Crippen molar-refractivity contribution in [3.05, 3.63) is 12.2 Å². The van der Waals surface area contributed by atoms with Crippen LogP contribution in [0.15, 0.2) is 17.1 Å². The van der Waals surface area contributed by atoms with Crippen molar-refractivity contribution < 1.29 is 4.79 Å². The maximum absolute atomic E-state index is 10.3. The molecule has 1 unspecified atom stereocenters. The Morgan fingerprint density at radius 3 is 2.88 bits per heavy atom. The predicted molar refractivity (Wildman–Crippen MR) is 32.3 cm³/mol. The van der Waals surface area contributed by atoms with Crippen LogP contribution >= 0.6 is 11.6 Å². The molecule has 0 fully saturated rings. The van der Waals surface area contributed by atoms with Crippen LogP contribution in [0.3, 0.4) is 0 Å². The Bertz CT molecular complexity index is 146. The fourth-order valence-corrected chi connectivity index (χ4v) is 0.541. The third-order valence-corrected chi connectivity index (χ3v) is 1.03. The third kappa shape index (κ3) is 1.17. The Labute approximate surface area is 51.9 Å². The first kappa shape index (κ1) is 5.51. The number of dihydropyridines is 1. The third-order valence-electron chi connectivity index (χ3n) is 0.767. The van der Waals surface area contributed by atoms with Crippen LogP contribution in [0.1, 0.15) is 0 Å². The van der Waals surface area contributed by atoms with Crippen LogP contribution in [-0.2, 0) is 4.79 Å². The molecule has 0 aromatic carbocycles. The molecule has 1 atom stereocenters. The van der Waals surface area contributed by atoms with Gasteiger partial charge in [-0.1, -0.05) is 6.08 Å². The second kappa shape index (κ2) is 2.09. The Morgan fingerprint density at radius 1 is 1.75 bits per heavy atom. The number of nitrogens with zero attached hydrogens (tertiary/aromatic N) is 1. The summed E-state index contributed by atoms with van der Waals surface area (Å²) in [5.74, 6) is -0.234. The molecule has 0 aromatic heterocycles. The molecule has 0 aliphatic carbocycles. The Morgan fingerprint density at radius 2 is 2.50 bits per heavy atom. The van der Waals surface area contributed by atoms with Gasteiger partial charge in [-0.2, -0.15) is 0 Å². The molecule has 1 amide bonds. The molecular weight excluding hydrogens is 126 g/mol. The molecule has 1 aliphatic heterocycles. The number of hydrogen-bond donors (Lipinski definition) is 0. The summed E-state index contributed by atoms with van der Waals surface area (Å²) >= 11 is 5.49. The lowest BCUT2D eigenvalue weighted by atomic mass is 10.3. The lowest BCUT2D eigenvalue weighted by molar-refractivity contribution is -0.113. The first-order chi connectivity index (χ1) is 3.79. The van der Waals surface area contributed by atoms with Gasteiger partial charge >= 0.3 is 0 Å². The van der Waals surface area contributed by atoms with E-state index < -0.39 is 0 Å². The summed E-state index contributed by atoms with van der Waals surface area (Å²) in [6, 6.07) is 0. The van der Waals surface area contributed by atoms with Gasteiger partial charge in [-0.3, -0.25) is 4.79 Å². The van der Waals surface area contributed by atoms with Crippen molar-refractivity contribution >= 4 is 23.7 Å². The van der Waals surface area contributed by atoms with Gasteiger partial charge in [0.1, 0.15) is 0 Å². The first-order valence-corrected chi connectivity index (χ1v) is 2.63. The molecular formula is C5H4ClNO. The second-order valence-electron chi connectivity index (χ2n) is 1.42. The maximum Gasteiger partial charge on any atom is 0.269 e. The van der Waals surface area contributed by atoms with Crippen molar-refractivity contribution in [1.82, 2.24) is 0 Å². The minimum atomic E-state index is -0.234. The Hall–Kier alpha value is -0.630. The van der Waals surface area contributed by atoms with E-state index in [0.717, 1.165) is 0 Å². The molecule has 0 radical (unpaired) electrons. The van der Waals surface area contributed by atoms with Crippen LogP contribution in [0, 0.1) is 0 Å². The van der Waals surface area contributed by atoms with E-state index in [1.54, 1.807) is 6.08 Å². The van der Waals surface area contributed by atoms with Crippen LogP contribution in [0.2, 0.25) is 0 Å². The number of rotatable bonds is 0. The fraction of sp³-hybridized carbons (Fsp3) is 0.200. The number of amides is 1. The van der Waals surface area contributed by atoms with E-state index in [1.807, 2.05) is 0 Å². The quantitative estimate of drug-likeness (QED) is 0.444. The smallest absolute Gasteiger partial charge is 0.268 e. The van der Waals surface area contributed by atoms with Crippen LogP contribution in [-0.4, -0.2) is 17.5 Å². The van der Waals surface area contributed by atoms with Gasteiger partial charge in [0.05, 0.1) is 5.38 Å². The van der Waals surface area contributed by atoms with Gasteiger partial charge < -0.3 is 0 Å². The molecule has 0 saturated heterocycles. The highest BCUT2D eigenvalue weighted by atomic mass is 35.5. The molecule has 1 rings (SSSR count). The number of allylic oxidation sites excluding steroid dienone is 1. The van der Waals surface area contributed by atoms with Crippen molar-refractivity contribution in [1.29, 1.82) is 0 Å². The molecule has 8 heavy (non-hydrogen) atoms. The zero-order chi connectivity index (χ0) is 5.98. The van der Waals surface area contributed by atoms with Gasteiger partial charge in [-0.15, -0.1) is 11.6 Å². The second-order valence-corrected chi connectivity index (χ2v) is 1.92. The van der Waals surface area contributed by atoms with Gasteiger partial charge in [-0.25, -0.2) is 4.99 Å². The van der Waals surface area contributed by atoms with Crippen LogP contribution in [0.4, 0.5) is 0 Å². The standard InChI is InChI=1S/C5H4ClNO/c6-4-1-2-5(8)7-3-4/h1-4H. The monoisotopic (exact) mass is 129 g/mol. The topological polar surface area (TPSA) is 29.4 Å². The fourth-order valence-electron chi connectivity index (χ4n) is 0.412. The molecule has 1 aliphatic rings. The molecule has 0 bridgehead atoms. The normalized spacial score (nSPS) is 26.6. The number of alkyl halides is 1. The first-order valence-electron chi connectivity index (χ1n) is 2.19. The van der Waals surface area contributed by atoms with Gasteiger partial charge in [-0.05, 0) is 0 Å². The van der Waals surface area contributed by atoms with E-state index in [1.165, 1.54) is 12.3 Å². The number of aliphatic imine (C=N–C) groups is 1. The van der Waals surface area contributed by atoms with E-state index in [4.69, 9.17) is 11.6 Å². The van der Waals surface area contributed by atoms with Crippen molar-refractivity contribution in [2.75, 3.05) is 0 Å². The van der Waals surface area contributed by atoms with Gasteiger partial charge in [0.25, 0.3) is 5.91 Å². The summed E-state index contributed by atoms with van der Waals surface area (Å²) in [6.45, 7) is 0. The Kier molecular flexibility index (Phi) is 1.44. The summed E-state index contributed by atoms with van der Waals surface area (Å²) in [4.78, 5) is 13.7. The summed E-state index contributed by atoms with van der Waals surface area (Å²) in [6.07, 6.45) is 4.36. The summed E-state index contributed by atoms with van der Waals surface area (Å²) < 4.78 is 0. The molecule has 3 heteroatoms. The summed E-state index contributed by atoms with van der Waals surface area (Å²) in [7, 11) is 0. The lowest BCUT2D eigenvalue weighted by Gasteiger charge is -1.96. The SMILES string of the molecule is O=C1C=CC(Cl)C=N1. The van der Waals surface area contributed by atoms with Gasteiger partial charge in [0.2, 0.25) is 0 Å². The molecule has 0 N–H and O–H groups in total. The van der Waals surface area contributed by atoms with Gasteiger partial charge in [0.15, 0.2) is 0 Å². The maximum atomic E-state index is 10.3. The minimum absolute atomic E-state index is 0.201.